The predicted molar refractivity (Wildman–Crippen MR) is 81.5 cm³/mol. The summed E-state index contributed by atoms with van der Waals surface area (Å²) in [6.07, 6.45) is 3.61. The van der Waals surface area contributed by atoms with Crippen molar-refractivity contribution < 1.29 is 9.90 Å². The van der Waals surface area contributed by atoms with Gasteiger partial charge >= 0.3 is 5.97 Å². The molecule has 0 radical (unpaired) electrons. The van der Waals surface area contributed by atoms with Crippen LogP contribution in [0.2, 0.25) is 0 Å². The van der Waals surface area contributed by atoms with E-state index in [0.29, 0.717) is 10.9 Å². The summed E-state index contributed by atoms with van der Waals surface area (Å²) in [5.74, 6) is -0.999. The fourth-order valence-corrected chi connectivity index (χ4v) is 2.01. The first-order valence-electron chi connectivity index (χ1n) is 5.95. The molecule has 5 nitrogen and oxygen atoms in total. The summed E-state index contributed by atoms with van der Waals surface area (Å²) in [4.78, 5) is 15.4. The van der Waals surface area contributed by atoms with Crippen LogP contribution in [0.3, 0.4) is 0 Å². The van der Waals surface area contributed by atoms with Gasteiger partial charge in [0.15, 0.2) is 11.4 Å². The fraction of sp³-hybridized carbons (Fsp3) is 0.357. The zero-order valence-corrected chi connectivity index (χ0v) is 12.7. The Morgan fingerprint density at radius 2 is 2.10 bits per heavy atom. The van der Waals surface area contributed by atoms with Gasteiger partial charge in [0, 0.05) is 0 Å². The number of nitrogens with one attached hydrogen (secondary N) is 1. The van der Waals surface area contributed by atoms with Crippen molar-refractivity contribution in [3.63, 3.8) is 0 Å². The fourth-order valence-electron chi connectivity index (χ4n) is 1.67. The molecule has 1 rings (SSSR count). The lowest BCUT2D eigenvalue weighted by Gasteiger charge is -2.21. The number of rotatable bonds is 2. The summed E-state index contributed by atoms with van der Waals surface area (Å²) in [6, 6.07) is 4.86. The highest BCUT2D eigenvalue weighted by Crippen LogP contribution is 2.32. The van der Waals surface area contributed by atoms with Crippen LogP contribution in [0, 0.1) is 11.5 Å². The van der Waals surface area contributed by atoms with Gasteiger partial charge in [0.25, 0.3) is 0 Å². The summed E-state index contributed by atoms with van der Waals surface area (Å²) in [5.41, 5.74) is 1.49. The molecule has 6 heteroatoms. The standard InChI is InChI=1S/C14H17N3O2S/c1-14(2,3)10-6-5-9(12(18)19)7-11(10)17-13(20-4)16-8-15/h5-7H,1-4H3,(H,16,17)(H,18,19). The highest BCUT2D eigenvalue weighted by Gasteiger charge is 2.19. The van der Waals surface area contributed by atoms with Gasteiger partial charge in [-0.3, -0.25) is 5.32 Å². The normalized spacial score (nSPS) is 11.8. The van der Waals surface area contributed by atoms with Crippen LogP contribution in [0.4, 0.5) is 5.69 Å². The molecule has 0 amide bonds. The molecular formula is C14H17N3O2S. The van der Waals surface area contributed by atoms with Crippen LogP contribution >= 0.6 is 11.8 Å². The lowest BCUT2D eigenvalue weighted by atomic mass is 9.85. The number of hydrogen-bond donors (Lipinski definition) is 2. The average molecular weight is 291 g/mol. The number of carbonyl (C=O) groups is 1. The van der Waals surface area contributed by atoms with Crippen LogP contribution < -0.4 is 5.32 Å². The first kappa shape index (κ1) is 16.1. The van der Waals surface area contributed by atoms with Crippen LogP contribution in [-0.2, 0) is 5.41 Å². The number of nitriles is 1. The monoisotopic (exact) mass is 291 g/mol. The van der Waals surface area contributed by atoms with Crippen molar-refractivity contribution in [2.24, 2.45) is 4.99 Å². The molecule has 0 bridgehead atoms. The van der Waals surface area contributed by atoms with Crippen LogP contribution in [-0.4, -0.2) is 22.5 Å². The SMILES string of the molecule is CSC(=Nc1cc(C(=O)O)ccc1C(C)(C)C)NC#N. The zero-order valence-electron chi connectivity index (χ0n) is 11.9. The third-order valence-electron chi connectivity index (χ3n) is 2.63. The molecule has 0 heterocycles. The highest BCUT2D eigenvalue weighted by atomic mass is 32.2. The Morgan fingerprint density at radius 3 is 2.55 bits per heavy atom. The number of hydrogen-bond acceptors (Lipinski definition) is 4. The summed E-state index contributed by atoms with van der Waals surface area (Å²) in [6.45, 7) is 6.08. The molecule has 0 fully saturated rings. The third-order valence-corrected chi connectivity index (χ3v) is 3.21. The summed E-state index contributed by atoms with van der Waals surface area (Å²) in [7, 11) is 0. The minimum atomic E-state index is -0.999. The number of aliphatic imine (C=N–C) groups is 1. The lowest BCUT2D eigenvalue weighted by molar-refractivity contribution is 0.0697. The Balaban J connectivity index is 3.43. The van der Waals surface area contributed by atoms with Gasteiger partial charge in [-0.15, -0.1) is 0 Å². The van der Waals surface area contributed by atoms with E-state index in [1.807, 2.05) is 27.0 Å². The van der Waals surface area contributed by atoms with Crippen molar-refractivity contribution in [2.75, 3.05) is 6.26 Å². The largest absolute Gasteiger partial charge is 0.478 e. The van der Waals surface area contributed by atoms with E-state index in [4.69, 9.17) is 10.4 Å². The quantitative estimate of drug-likeness (QED) is 0.378. The second-order valence-electron chi connectivity index (χ2n) is 5.14. The van der Waals surface area contributed by atoms with Crippen molar-refractivity contribution in [3.05, 3.63) is 29.3 Å². The first-order valence-corrected chi connectivity index (χ1v) is 7.17. The molecule has 0 saturated carbocycles. The van der Waals surface area contributed by atoms with Crippen molar-refractivity contribution in [3.8, 4) is 6.19 Å². The molecular weight excluding hydrogens is 274 g/mol. The maximum atomic E-state index is 11.1. The number of amidine groups is 1. The summed E-state index contributed by atoms with van der Waals surface area (Å²) >= 11 is 1.29. The van der Waals surface area contributed by atoms with E-state index in [1.165, 1.54) is 17.8 Å². The number of thioether (sulfide) groups is 1. The molecule has 0 aliphatic carbocycles. The van der Waals surface area contributed by atoms with Crippen LogP contribution in [0.5, 0.6) is 0 Å². The highest BCUT2D eigenvalue weighted by molar-refractivity contribution is 8.13. The van der Waals surface area contributed by atoms with Crippen LogP contribution in [0.15, 0.2) is 23.2 Å². The molecule has 0 unspecified atom stereocenters. The van der Waals surface area contributed by atoms with E-state index >= 15 is 0 Å². The molecule has 20 heavy (non-hydrogen) atoms. The Kier molecular flexibility index (Phi) is 5.17. The van der Waals surface area contributed by atoms with Crippen molar-refractivity contribution in [2.45, 2.75) is 26.2 Å². The van der Waals surface area contributed by atoms with Crippen LogP contribution in [0.25, 0.3) is 0 Å². The van der Waals surface area contributed by atoms with E-state index in [-0.39, 0.29) is 11.0 Å². The van der Waals surface area contributed by atoms with Gasteiger partial charge in [0.2, 0.25) is 0 Å². The van der Waals surface area contributed by atoms with Gasteiger partial charge in [-0.05, 0) is 29.4 Å². The van der Waals surface area contributed by atoms with Crippen molar-refractivity contribution in [1.29, 1.82) is 5.26 Å². The predicted octanol–water partition coefficient (Wildman–Crippen LogP) is 3.10. The number of carboxylic acids is 1. The van der Waals surface area contributed by atoms with Crippen LogP contribution in [0.1, 0.15) is 36.7 Å². The second-order valence-corrected chi connectivity index (χ2v) is 5.94. The molecule has 1 aromatic rings. The Hall–Kier alpha value is -2.00. The molecule has 0 aliphatic rings. The number of nitrogens with zero attached hydrogens (tertiary/aromatic N) is 2. The van der Waals surface area contributed by atoms with E-state index in [0.717, 1.165) is 5.56 Å². The minimum absolute atomic E-state index is 0.175. The number of benzene rings is 1. The second kappa shape index (κ2) is 6.44. The van der Waals surface area contributed by atoms with E-state index in [9.17, 15) is 4.79 Å². The third kappa shape index (κ3) is 4.00. The average Bonchev–Trinajstić information content (AvgIpc) is 2.36. The smallest absolute Gasteiger partial charge is 0.335 e. The lowest BCUT2D eigenvalue weighted by Crippen LogP contribution is -2.15. The van der Waals surface area contributed by atoms with Crippen molar-refractivity contribution in [1.82, 2.24) is 5.32 Å². The molecule has 0 aliphatic heterocycles. The zero-order chi connectivity index (χ0) is 15.3. The Labute approximate surface area is 122 Å². The molecule has 0 atom stereocenters. The van der Waals surface area contributed by atoms with E-state index in [1.54, 1.807) is 18.4 Å². The maximum Gasteiger partial charge on any atom is 0.335 e. The molecule has 2 N–H and O–H groups in total. The summed E-state index contributed by atoms with van der Waals surface area (Å²) < 4.78 is 0. The molecule has 0 aromatic heterocycles. The summed E-state index contributed by atoms with van der Waals surface area (Å²) in [5, 5.41) is 20.7. The topological polar surface area (TPSA) is 85.5 Å². The maximum absolute atomic E-state index is 11.1. The van der Waals surface area contributed by atoms with Gasteiger partial charge in [-0.25, -0.2) is 9.79 Å². The minimum Gasteiger partial charge on any atom is -0.478 e. The first-order chi connectivity index (χ1) is 9.29. The number of carboxylic acid groups (broad SMARTS) is 1. The number of aromatic carboxylic acids is 1. The molecule has 106 valence electrons. The van der Waals surface area contributed by atoms with E-state index in [2.05, 4.69) is 10.3 Å². The van der Waals surface area contributed by atoms with Crippen molar-refractivity contribution >= 4 is 28.6 Å². The Bertz CT molecular complexity index is 583. The van der Waals surface area contributed by atoms with E-state index < -0.39 is 5.97 Å². The van der Waals surface area contributed by atoms with Gasteiger partial charge in [-0.1, -0.05) is 38.6 Å². The van der Waals surface area contributed by atoms with Gasteiger partial charge in [-0.2, -0.15) is 5.26 Å². The molecule has 0 spiro atoms. The molecule has 0 saturated heterocycles. The van der Waals surface area contributed by atoms with Gasteiger partial charge in [0.1, 0.15) is 0 Å². The Morgan fingerprint density at radius 1 is 1.45 bits per heavy atom. The molecule has 1 aromatic carbocycles. The van der Waals surface area contributed by atoms with Gasteiger partial charge in [0.05, 0.1) is 11.3 Å². The van der Waals surface area contributed by atoms with Gasteiger partial charge < -0.3 is 5.11 Å².